The third-order valence-corrected chi connectivity index (χ3v) is 3.43. The molecule has 3 rings (SSSR count). The fraction of sp³-hybridized carbons (Fsp3) is 0.118. The number of ether oxygens (including phenoxy) is 2. The summed E-state index contributed by atoms with van der Waals surface area (Å²) in [5, 5.41) is 2.88. The molecular weight excluding hydrogens is 266 g/mol. The Kier molecular flexibility index (Phi) is 3.36. The Morgan fingerprint density at radius 2 is 1.67 bits per heavy atom. The lowest BCUT2D eigenvalue weighted by Gasteiger charge is -2.08. The Labute approximate surface area is 123 Å². The highest BCUT2D eigenvalue weighted by Crippen LogP contribution is 2.30. The summed E-state index contributed by atoms with van der Waals surface area (Å²) in [6, 6.07) is 13.2. The normalized spacial score (nSPS) is 14.8. The standard InChI is InChI=1S/C17H15NO3/c1-20-15-8-7-11(10-16(15)21-2)9-14-12-5-3-4-6-13(12)17(19)18-14/h3-10H,1-2H3,(H,18,19). The molecule has 0 aliphatic carbocycles. The van der Waals surface area contributed by atoms with Crippen LogP contribution in [-0.2, 0) is 0 Å². The molecule has 1 N–H and O–H groups in total. The first kappa shape index (κ1) is 13.2. The van der Waals surface area contributed by atoms with E-state index in [1.807, 2.05) is 48.5 Å². The van der Waals surface area contributed by atoms with E-state index < -0.39 is 0 Å². The fourth-order valence-electron chi connectivity index (χ4n) is 2.40. The van der Waals surface area contributed by atoms with Crippen LogP contribution < -0.4 is 14.8 Å². The van der Waals surface area contributed by atoms with E-state index in [9.17, 15) is 4.79 Å². The zero-order chi connectivity index (χ0) is 14.8. The van der Waals surface area contributed by atoms with Crippen molar-refractivity contribution < 1.29 is 14.3 Å². The molecule has 1 heterocycles. The Morgan fingerprint density at radius 1 is 0.952 bits per heavy atom. The molecule has 4 nitrogen and oxygen atoms in total. The van der Waals surface area contributed by atoms with E-state index in [0.717, 1.165) is 16.8 Å². The zero-order valence-electron chi connectivity index (χ0n) is 11.8. The van der Waals surface area contributed by atoms with Crippen LogP contribution in [0.2, 0.25) is 0 Å². The van der Waals surface area contributed by atoms with Crippen LogP contribution in [0.5, 0.6) is 11.5 Å². The van der Waals surface area contributed by atoms with Gasteiger partial charge in [-0.3, -0.25) is 4.79 Å². The molecular formula is C17H15NO3. The van der Waals surface area contributed by atoms with Crippen molar-refractivity contribution in [2.45, 2.75) is 0 Å². The number of carbonyl (C=O) groups is 1. The lowest BCUT2D eigenvalue weighted by Crippen LogP contribution is -2.11. The molecule has 106 valence electrons. The number of fused-ring (bicyclic) bond motifs is 1. The molecule has 1 aliphatic heterocycles. The van der Waals surface area contributed by atoms with E-state index >= 15 is 0 Å². The first-order chi connectivity index (χ1) is 10.2. The molecule has 2 aromatic rings. The van der Waals surface area contributed by atoms with Gasteiger partial charge in [0.2, 0.25) is 0 Å². The average molecular weight is 281 g/mol. The fourth-order valence-corrected chi connectivity index (χ4v) is 2.40. The minimum Gasteiger partial charge on any atom is -0.493 e. The maximum absolute atomic E-state index is 11.9. The highest BCUT2D eigenvalue weighted by Gasteiger charge is 2.22. The van der Waals surface area contributed by atoms with Gasteiger partial charge in [0.25, 0.3) is 5.91 Å². The number of methoxy groups -OCH3 is 2. The van der Waals surface area contributed by atoms with Crippen molar-refractivity contribution in [2.75, 3.05) is 14.2 Å². The monoisotopic (exact) mass is 281 g/mol. The molecule has 1 amide bonds. The largest absolute Gasteiger partial charge is 0.493 e. The van der Waals surface area contributed by atoms with E-state index in [0.29, 0.717) is 17.1 Å². The summed E-state index contributed by atoms with van der Waals surface area (Å²) in [4.78, 5) is 11.9. The van der Waals surface area contributed by atoms with Gasteiger partial charge in [0.1, 0.15) is 0 Å². The maximum Gasteiger partial charge on any atom is 0.256 e. The number of amides is 1. The van der Waals surface area contributed by atoms with Crippen LogP contribution in [0.4, 0.5) is 0 Å². The predicted octanol–water partition coefficient (Wildman–Crippen LogP) is 2.95. The zero-order valence-corrected chi connectivity index (χ0v) is 11.8. The van der Waals surface area contributed by atoms with Crippen LogP contribution in [0.15, 0.2) is 42.5 Å². The molecule has 0 atom stereocenters. The van der Waals surface area contributed by atoms with Gasteiger partial charge in [0.15, 0.2) is 11.5 Å². The van der Waals surface area contributed by atoms with Gasteiger partial charge in [-0.15, -0.1) is 0 Å². The van der Waals surface area contributed by atoms with Crippen molar-refractivity contribution in [3.63, 3.8) is 0 Å². The van der Waals surface area contributed by atoms with Gasteiger partial charge in [0, 0.05) is 16.8 Å². The number of carbonyl (C=O) groups excluding carboxylic acids is 1. The Hall–Kier alpha value is -2.75. The highest BCUT2D eigenvalue weighted by atomic mass is 16.5. The van der Waals surface area contributed by atoms with Gasteiger partial charge in [-0.1, -0.05) is 24.3 Å². The molecule has 2 aromatic carbocycles. The molecule has 0 spiro atoms. The van der Waals surface area contributed by atoms with Crippen LogP contribution in [0.1, 0.15) is 21.5 Å². The Bertz CT molecular complexity index is 735. The van der Waals surface area contributed by atoms with Crippen LogP contribution in [0.3, 0.4) is 0 Å². The van der Waals surface area contributed by atoms with Gasteiger partial charge < -0.3 is 14.8 Å². The summed E-state index contributed by atoms with van der Waals surface area (Å²) < 4.78 is 10.5. The summed E-state index contributed by atoms with van der Waals surface area (Å²) in [6.45, 7) is 0. The third-order valence-electron chi connectivity index (χ3n) is 3.43. The lowest BCUT2D eigenvalue weighted by atomic mass is 10.1. The molecule has 0 aromatic heterocycles. The average Bonchev–Trinajstić information content (AvgIpc) is 2.84. The van der Waals surface area contributed by atoms with Crippen molar-refractivity contribution in [2.24, 2.45) is 0 Å². The summed E-state index contributed by atoms with van der Waals surface area (Å²) in [5.41, 5.74) is 3.34. The van der Waals surface area contributed by atoms with Gasteiger partial charge in [-0.2, -0.15) is 0 Å². The molecule has 0 saturated heterocycles. The predicted molar refractivity (Wildman–Crippen MR) is 81.3 cm³/mol. The Morgan fingerprint density at radius 3 is 2.38 bits per heavy atom. The summed E-state index contributed by atoms with van der Waals surface area (Å²) >= 11 is 0. The molecule has 0 radical (unpaired) electrons. The molecule has 0 saturated carbocycles. The van der Waals surface area contributed by atoms with Crippen LogP contribution >= 0.6 is 0 Å². The topological polar surface area (TPSA) is 47.6 Å². The minimum atomic E-state index is -0.0719. The summed E-state index contributed by atoms with van der Waals surface area (Å²) in [5.74, 6) is 1.26. The molecule has 0 bridgehead atoms. The van der Waals surface area contributed by atoms with E-state index in [-0.39, 0.29) is 5.91 Å². The maximum atomic E-state index is 11.9. The van der Waals surface area contributed by atoms with E-state index in [4.69, 9.17) is 9.47 Å². The van der Waals surface area contributed by atoms with Gasteiger partial charge >= 0.3 is 0 Å². The van der Waals surface area contributed by atoms with E-state index in [2.05, 4.69) is 5.32 Å². The van der Waals surface area contributed by atoms with E-state index in [1.54, 1.807) is 14.2 Å². The molecule has 4 heteroatoms. The number of rotatable bonds is 3. The first-order valence-electron chi connectivity index (χ1n) is 6.57. The molecule has 1 aliphatic rings. The number of benzene rings is 2. The van der Waals surface area contributed by atoms with Crippen molar-refractivity contribution in [3.8, 4) is 11.5 Å². The van der Waals surface area contributed by atoms with Crippen molar-refractivity contribution in [1.29, 1.82) is 0 Å². The van der Waals surface area contributed by atoms with Gasteiger partial charge in [0.05, 0.1) is 14.2 Å². The second-order valence-corrected chi connectivity index (χ2v) is 4.67. The van der Waals surface area contributed by atoms with Crippen molar-refractivity contribution in [1.82, 2.24) is 5.32 Å². The summed E-state index contributed by atoms with van der Waals surface area (Å²) in [7, 11) is 3.20. The molecule has 21 heavy (non-hydrogen) atoms. The van der Waals surface area contributed by atoms with Gasteiger partial charge in [-0.05, 0) is 29.8 Å². The lowest BCUT2D eigenvalue weighted by molar-refractivity contribution is 0.0981. The molecule has 0 unspecified atom stereocenters. The SMILES string of the molecule is COc1ccc(C=C2NC(=O)c3ccccc32)cc1OC. The minimum absolute atomic E-state index is 0.0719. The first-order valence-corrected chi connectivity index (χ1v) is 6.57. The third kappa shape index (κ3) is 2.36. The van der Waals surface area contributed by atoms with Gasteiger partial charge in [-0.25, -0.2) is 0 Å². The second kappa shape index (κ2) is 5.32. The Balaban J connectivity index is 2.02. The van der Waals surface area contributed by atoms with Crippen LogP contribution in [-0.4, -0.2) is 20.1 Å². The van der Waals surface area contributed by atoms with E-state index in [1.165, 1.54) is 0 Å². The van der Waals surface area contributed by atoms with Crippen molar-refractivity contribution in [3.05, 3.63) is 59.2 Å². The van der Waals surface area contributed by atoms with Crippen molar-refractivity contribution >= 4 is 17.7 Å². The number of nitrogens with one attached hydrogen (secondary N) is 1. The molecule has 0 fully saturated rings. The van der Waals surface area contributed by atoms with Crippen LogP contribution in [0, 0.1) is 0 Å². The summed E-state index contributed by atoms with van der Waals surface area (Å²) in [6.07, 6.45) is 1.92. The van der Waals surface area contributed by atoms with Crippen LogP contribution in [0.25, 0.3) is 11.8 Å². The smallest absolute Gasteiger partial charge is 0.256 e. The highest BCUT2D eigenvalue weighted by molar-refractivity contribution is 6.11. The quantitative estimate of drug-likeness (QED) is 0.941. The number of hydrogen-bond donors (Lipinski definition) is 1. The second-order valence-electron chi connectivity index (χ2n) is 4.67. The number of hydrogen-bond acceptors (Lipinski definition) is 3.